The fourth-order valence-corrected chi connectivity index (χ4v) is 4.26. The molecule has 0 atom stereocenters. The Morgan fingerprint density at radius 3 is 2.21 bits per heavy atom. The van der Waals surface area contributed by atoms with Crippen LogP contribution in [0.3, 0.4) is 0 Å². The van der Waals surface area contributed by atoms with Gasteiger partial charge in [0, 0.05) is 19.6 Å². The van der Waals surface area contributed by atoms with Gasteiger partial charge in [-0.2, -0.15) is 0 Å². The van der Waals surface area contributed by atoms with Gasteiger partial charge in [-0.25, -0.2) is 0 Å². The molecule has 0 saturated carbocycles. The van der Waals surface area contributed by atoms with Crippen molar-refractivity contribution < 1.29 is 22.7 Å². The highest BCUT2D eigenvalue weighted by Gasteiger charge is 2.32. The zero-order valence-corrected chi connectivity index (χ0v) is 18.9. The maximum absolute atomic E-state index is 12.9. The van der Waals surface area contributed by atoms with E-state index in [4.69, 9.17) is 11.6 Å². The van der Waals surface area contributed by atoms with Crippen LogP contribution in [0, 0.1) is 0 Å². The molecule has 3 aromatic rings. The Labute approximate surface area is 195 Å². The summed E-state index contributed by atoms with van der Waals surface area (Å²) in [5, 5.41) is 0.390. The van der Waals surface area contributed by atoms with Crippen molar-refractivity contribution in [1.29, 1.82) is 0 Å². The lowest BCUT2D eigenvalue weighted by molar-refractivity contribution is -0.274. The average molecular weight is 475 g/mol. The molecular weight excluding hydrogens is 453 g/mol. The topological polar surface area (TPSA) is 32.8 Å². The van der Waals surface area contributed by atoms with Crippen molar-refractivity contribution in [2.45, 2.75) is 26.0 Å². The van der Waals surface area contributed by atoms with Gasteiger partial charge in [0.15, 0.2) is 0 Å². The molecule has 1 aliphatic heterocycles. The molecule has 0 N–H and O–H groups in total. The highest BCUT2D eigenvalue weighted by Crippen LogP contribution is 2.35. The summed E-state index contributed by atoms with van der Waals surface area (Å²) in [5.74, 6) is -0.495. The van der Waals surface area contributed by atoms with E-state index in [9.17, 15) is 18.0 Å². The van der Waals surface area contributed by atoms with Crippen LogP contribution in [0.15, 0.2) is 60.7 Å². The molecule has 172 valence electrons. The van der Waals surface area contributed by atoms with Crippen molar-refractivity contribution in [2.24, 2.45) is 0 Å². The van der Waals surface area contributed by atoms with Gasteiger partial charge in [0.1, 0.15) is 5.75 Å². The van der Waals surface area contributed by atoms with Gasteiger partial charge in [0.05, 0.1) is 10.6 Å². The van der Waals surface area contributed by atoms with Gasteiger partial charge in [0.25, 0.3) is 5.91 Å². The second-order valence-electron chi connectivity index (χ2n) is 8.28. The lowest BCUT2D eigenvalue weighted by Crippen LogP contribution is -2.23. The summed E-state index contributed by atoms with van der Waals surface area (Å²) >= 11 is 6.49. The Kier molecular flexibility index (Phi) is 6.36. The number of alkyl halides is 3. The molecular formula is C25H22ClF3N2O2. The molecule has 0 radical (unpaired) electrons. The van der Waals surface area contributed by atoms with Crippen LogP contribution in [0.4, 0.5) is 13.2 Å². The van der Waals surface area contributed by atoms with E-state index in [2.05, 4.69) is 21.8 Å². The maximum Gasteiger partial charge on any atom is 0.573 e. The summed E-state index contributed by atoms with van der Waals surface area (Å²) in [4.78, 5) is 16.7. The number of hydrogen-bond acceptors (Lipinski definition) is 3. The zero-order valence-electron chi connectivity index (χ0n) is 18.1. The third kappa shape index (κ3) is 5.49. The molecule has 1 heterocycles. The molecule has 8 heteroatoms. The van der Waals surface area contributed by atoms with Crippen LogP contribution in [0.5, 0.6) is 5.75 Å². The number of hydrogen-bond donors (Lipinski definition) is 0. The molecule has 0 unspecified atom stereocenters. The minimum absolute atomic E-state index is 0.196. The van der Waals surface area contributed by atoms with Crippen molar-refractivity contribution in [2.75, 3.05) is 14.1 Å². The molecule has 0 aliphatic carbocycles. The molecule has 1 aliphatic rings. The quantitative estimate of drug-likeness (QED) is 0.431. The standard InChI is InChI=1S/C25H22ClF3N2O2/c1-30(2)13-16-3-7-18(8-4-16)19-11-20-15-31(24(32)23(20)22(26)12-19)14-17-5-9-21(10-6-17)33-25(27,28)29/h3-12H,13-15H2,1-2H3. The minimum atomic E-state index is -4.74. The molecule has 33 heavy (non-hydrogen) atoms. The molecule has 0 aromatic heterocycles. The fraction of sp³-hybridized carbons (Fsp3) is 0.240. The van der Waals surface area contributed by atoms with Crippen molar-refractivity contribution >= 4 is 17.5 Å². The van der Waals surface area contributed by atoms with Gasteiger partial charge in [-0.05, 0) is 66.2 Å². The van der Waals surface area contributed by atoms with Crippen LogP contribution in [0.1, 0.15) is 27.0 Å². The average Bonchev–Trinajstić information content (AvgIpc) is 3.04. The number of amides is 1. The smallest absolute Gasteiger partial charge is 0.406 e. The van der Waals surface area contributed by atoms with Crippen LogP contribution >= 0.6 is 11.6 Å². The summed E-state index contributed by atoms with van der Waals surface area (Å²) in [5.41, 5.74) is 5.13. The van der Waals surface area contributed by atoms with Gasteiger partial charge in [0.2, 0.25) is 0 Å². The predicted octanol–water partition coefficient (Wildman–Crippen LogP) is 6.12. The van der Waals surface area contributed by atoms with Gasteiger partial charge in [-0.1, -0.05) is 48.0 Å². The van der Waals surface area contributed by atoms with Gasteiger partial charge >= 0.3 is 6.36 Å². The van der Waals surface area contributed by atoms with Crippen molar-refractivity contribution in [3.05, 3.63) is 87.9 Å². The summed E-state index contributed by atoms with van der Waals surface area (Å²) in [6, 6.07) is 17.5. The van der Waals surface area contributed by atoms with E-state index in [1.54, 1.807) is 11.0 Å². The summed E-state index contributed by atoms with van der Waals surface area (Å²) in [6.07, 6.45) is -4.74. The van der Waals surface area contributed by atoms with E-state index >= 15 is 0 Å². The fourth-order valence-electron chi connectivity index (χ4n) is 3.94. The van der Waals surface area contributed by atoms with Crippen molar-refractivity contribution in [1.82, 2.24) is 9.80 Å². The van der Waals surface area contributed by atoms with Gasteiger partial charge < -0.3 is 14.5 Å². The number of ether oxygens (including phenoxy) is 1. The Morgan fingerprint density at radius 1 is 0.970 bits per heavy atom. The van der Waals surface area contributed by atoms with Gasteiger partial charge in [-0.15, -0.1) is 13.2 Å². The molecule has 1 amide bonds. The third-order valence-corrected chi connectivity index (χ3v) is 5.65. The minimum Gasteiger partial charge on any atom is -0.406 e. The number of fused-ring (bicyclic) bond motifs is 1. The SMILES string of the molecule is CN(C)Cc1ccc(-c2cc(Cl)c3c(c2)CN(Cc2ccc(OC(F)(F)F)cc2)C3=O)cc1. The van der Waals surface area contributed by atoms with Crippen LogP contribution in [0.2, 0.25) is 5.02 Å². The largest absolute Gasteiger partial charge is 0.573 e. The maximum atomic E-state index is 12.9. The van der Waals surface area contributed by atoms with E-state index in [-0.39, 0.29) is 18.2 Å². The monoisotopic (exact) mass is 474 g/mol. The normalized spacial score (nSPS) is 13.5. The lowest BCUT2D eigenvalue weighted by Gasteiger charge is -2.16. The first-order valence-electron chi connectivity index (χ1n) is 10.3. The summed E-state index contributed by atoms with van der Waals surface area (Å²) in [6.45, 7) is 1.48. The molecule has 3 aromatic carbocycles. The Balaban J connectivity index is 1.50. The van der Waals surface area contributed by atoms with Gasteiger partial charge in [-0.3, -0.25) is 4.79 Å². The van der Waals surface area contributed by atoms with Crippen molar-refractivity contribution in [3.63, 3.8) is 0 Å². The van der Waals surface area contributed by atoms with E-state index in [0.717, 1.165) is 23.2 Å². The lowest BCUT2D eigenvalue weighted by atomic mass is 9.99. The Bertz CT molecular complexity index is 1160. The Morgan fingerprint density at radius 2 is 1.61 bits per heavy atom. The molecule has 0 fully saturated rings. The first-order valence-corrected chi connectivity index (χ1v) is 10.7. The number of benzene rings is 3. The van der Waals surface area contributed by atoms with E-state index in [1.165, 1.54) is 29.8 Å². The second kappa shape index (κ2) is 9.08. The number of carbonyl (C=O) groups excluding carboxylic acids is 1. The number of nitrogens with zero attached hydrogens (tertiary/aromatic N) is 2. The molecule has 0 saturated heterocycles. The van der Waals surface area contributed by atoms with E-state index in [0.29, 0.717) is 22.7 Å². The van der Waals surface area contributed by atoms with Crippen LogP contribution < -0.4 is 4.74 Å². The van der Waals surface area contributed by atoms with Crippen LogP contribution in [0.25, 0.3) is 11.1 Å². The van der Waals surface area contributed by atoms with Crippen molar-refractivity contribution in [3.8, 4) is 16.9 Å². The summed E-state index contributed by atoms with van der Waals surface area (Å²) in [7, 11) is 4.03. The zero-order chi connectivity index (χ0) is 23.8. The van der Waals surface area contributed by atoms with Crippen LogP contribution in [-0.4, -0.2) is 36.2 Å². The molecule has 4 rings (SSSR count). The number of rotatable bonds is 6. The first-order chi connectivity index (χ1) is 15.6. The molecule has 4 nitrogen and oxygen atoms in total. The van der Waals surface area contributed by atoms with E-state index in [1.807, 2.05) is 32.3 Å². The Hall–Kier alpha value is -3.03. The highest BCUT2D eigenvalue weighted by atomic mass is 35.5. The van der Waals surface area contributed by atoms with Crippen LogP contribution in [-0.2, 0) is 19.6 Å². The van der Waals surface area contributed by atoms with E-state index < -0.39 is 6.36 Å². The molecule has 0 bridgehead atoms. The highest BCUT2D eigenvalue weighted by molar-refractivity contribution is 6.34. The first kappa shape index (κ1) is 23.1. The molecule has 0 spiro atoms. The number of halogens is 4. The number of carbonyl (C=O) groups is 1. The third-order valence-electron chi connectivity index (χ3n) is 5.35. The predicted molar refractivity (Wildman–Crippen MR) is 121 cm³/mol. The summed E-state index contributed by atoms with van der Waals surface area (Å²) < 4.78 is 40.9. The second-order valence-corrected chi connectivity index (χ2v) is 8.69.